The Labute approximate surface area is 94.6 Å². The van der Waals surface area contributed by atoms with Gasteiger partial charge in [0.25, 0.3) is 0 Å². The lowest BCUT2D eigenvalue weighted by molar-refractivity contribution is -0.121. The molecular formula is C10H19N3O3. The molecular weight excluding hydrogens is 210 g/mol. The standard InChI is InChI=1S/C10H19N3O3/c1-6(9(15)13-10(11)16)12-5-7-3-2-4-8(7)14/h6-8,12,14H,2-5H2,1H3,(H3,11,13,15,16). The number of primary amides is 1. The number of amides is 3. The zero-order valence-corrected chi connectivity index (χ0v) is 9.40. The number of rotatable bonds is 4. The van der Waals surface area contributed by atoms with E-state index in [0.717, 1.165) is 19.3 Å². The number of carbonyl (C=O) groups is 2. The summed E-state index contributed by atoms with van der Waals surface area (Å²) in [7, 11) is 0. The normalized spacial score (nSPS) is 26.4. The lowest BCUT2D eigenvalue weighted by Crippen LogP contribution is -2.47. The van der Waals surface area contributed by atoms with Crippen LogP contribution in [-0.2, 0) is 4.79 Å². The van der Waals surface area contributed by atoms with Crippen molar-refractivity contribution in [3.63, 3.8) is 0 Å². The number of nitrogens with two attached hydrogens (primary N) is 1. The van der Waals surface area contributed by atoms with Crippen LogP contribution >= 0.6 is 0 Å². The lowest BCUT2D eigenvalue weighted by Gasteiger charge is -2.18. The van der Waals surface area contributed by atoms with E-state index in [1.165, 1.54) is 0 Å². The predicted octanol–water partition coefficient (Wildman–Crippen LogP) is -0.680. The fourth-order valence-electron chi connectivity index (χ4n) is 1.91. The molecule has 1 aliphatic rings. The summed E-state index contributed by atoms with van der Waals surface area (Å²) in [4.78, 5) is 21.8. The number of nitrogens with one attached hydrogen (secondary N) is 2. The highest BCUT2D eigenvalue weighted by Gasteiger charge is 2.26. The Kier molecular flexibility index (Phi) is 4.70. The second-order valence-corrected chi connectivity index (χ2v) is 4.24. The molecule has 3 unspecified atom stereocenters. The Morgan fingerprint density at radius 3 is 2.69 bits per heavy atom. The van der Waals surface area contributed by atoms with Crippen LogP contribution in [0.5, 0.6) is 0 Å². The van der Waals surface area contributed by atoms with E-state index in [9.17, 15) is 14.7 Å². The number of imide groups is 1. The van der Waals surface area contributed by atoms with E-state index in [4.69, 9.17) is 5.73 Å². The highest BCUT2D eigenvalue weighted by Crippen LogP contribution is 2.24. The lowest BCUT2D eigenvalue weighted by atomic mass is 10.1. The zero-order chi connectivity index (χ0) is 12.1. The monoisotopic (exact) mass is 229 g/mol. The first-order valence-electron chi connectivity index (χ1n) is 5.52. The van der Waals surface area contributed by atoms with Crippen LogP contribution in [0.4, 0.5) is 4.79 Å². The van der Waals surface area contributed by atoms with Crippen LogP contribution < -0.4 is 16.4 Å². The Balaban J connectivity index is 2.26. The van der Waals surface area contributed by atoms with Crippen molar-refractivity contribution in [3.8, 4) is 0 Å². The molecule has 0 saturated heterocycles. The summed E-state index contributed by atoms with van der Waals surface area (Å²) in [6.45, 7) is 2.23. The van der Waals surface area contributed by atoms with Gasteiger partial charge in [-0.2, -0.15) is 0 Å². The predicted molar refractivity (Wildman–Crippen MR) is 58.5 cm³/mol. The fraction of sp³-hybridized carbons (Fsp3) is 0.800. The molecule has 3 amide bonds. The molecule has 0 radical (unpaired) electrons. The Morgan fingerprint density at radius 1 is 1.50 bits per heavy atom. The molecule has 0 heterocycles. The first-order chi connectivity index (χ1) is 7.50. The summed E-state index contributed by atoms with van der Waals surface area (Å²) < 4.78 is 0. The first kappa shape index (κ1) is 12.9. The smallest absolute Gasteiger partial charge is 0.318 e. The van der Waals surface area contributed by atoms with Crippen LogP contribution in [0.1, 0.15) is 26.2 Å². The van der Waals surface area contributed by atoms with E-state index in [1.807, 2.05) is 5.32 Å². The summed E-state index contributed by atoms with van der Waals surface area (Å²) >= 11 is 0. The van der Waals surface area contributed by atoms with Crippen molar-refractivity contribution in [3.05, 3.63) is 0 Å². The van der Waals surface area contributed by atoms with Crippen molar-refractivity contribution in [1.29, 1.82) is 0 Å². The molecule has 6 heteroatoms. The Morgan fingerprint density at radius 2 is 2.19 bits per heavy atom. The number of carbonyl (C=O) groups excluding carboxylic acids is 2. The molecule has 16 heavy (non-hydrogen) atoms. The minimum atomic E-state index is -0.848. The molecule has 0 spiro atoms. The molecule has 3 atom stereocenters. The summed E-state index contributed by atoms with van der Waals surface area (Å²) in [5.74, 6) is -0.246. The molecule has 1 fully saturated rings. The van der Waals surface area contributed by atoms with Crippen molar-refractivity contribution < 1.29 is 14.7 Å². The molecule has 0 aromatic carbocycles. The number of urea groups is 1. The molecule has 1 rings (SSSR count). The van der Waals surface area contributed by atoms with Crippen molar-refractivity contribution in [2.45, 2.75) is 38.3 Å². The maximum absolute atomic E-state index is 11.3. The number of hydrogen-bond acceptors (Lipinski definition) is 4. The average molecular weight is 229 g/mol. The van der Waals surface area contributed by atoms with E-state index in [0.29, 0.717) is 6.54 Å². The molecule has 1 aliphatic carbocycles. The molecule has 92 valence electrons. The SMILES string of the molecule is CC(NCC1CCCC1O)C(=O)NC(N)=O. The third-order valence-electron chi connectivity index (χ3n) is 2.94. The summed E-state index contributed by atoms with van der Waals surface area (Å²) in [6, 6.07) is -1.33. The van der Waals surface area contributed by atoms with E-state index >= 15 is 0 Å². The minimum Gasteiger partial charge on any atom is -0.393 e. The van der Waals surface area contributed by atoms with Crippen LogP contribution in [0, 0.1) is 5.92 Å². The Hall–Kier alpha value is -1.14. The quantitative estimate of drug-likeness (QED) is 0.512. The molecule has 0 aromatic heterocycles. The van der Waals surface area contributed by atoms with E-state index in [1.54, 1.807) is 6.92 Å². The van der Waals surface area contributed by atoms with Crippen LogP contribution in [0.3, 0.4) is 0 Å². The number of aliphatic hydroxyl groups excluding tert-OH is 1. The van der Waals surface area contributed by atoms with Gasteiger partial charge in [-0.1, -0.05) is 6.42 Å². The van der Waals surface area contributed by atoms with Crippen LogP contribution in [0.15, 0.2) is 0 Å². The van der Waals surface area contributed by atoms with Gasteiger partial charge in [0.05, 0.1) is 12.1 Å². The first-order valence-corrected chi connectivity index (χ1v) is 5.52. The minimum absolute atomic E-state index is 0.198. The Bertz CT molecular complexity index is 270. The largest absolute Gasteiger partial charge is 0.393 e. The van der Waals surface area contributed by atoms with E-state index < -0.39 is 18.0 Å². The molecule has 5 N–H and O–H groups in total. The molecule has 0 aliphatic heterocycles. The van der Waals surface area contributed by atoms with Gasteiger partial charge in [-0.3, -0.25) is 10.1 Å². The third kappa shape index (κ3) is 3.79. The maximum Gasteiger partial charge on any atom is 0.318 e. The highest BCUT2D eigenvalue weighted by atomic mass is 16.3. The van der Waals surface area contributed by atoms with Crippen molar-refractivity contribution in [2.75, 3.05) is 6.54 Å². The molecule has 6 nitrogen and oxygen atoms in total. The highest BCUT2D eigenvalue weighted by molar-refractivity contribution is 5.96. The van der Waals surface area contributed by atoms with E-state index in [2.05, 4.69) is 5.32 Å². The van der Waals surface area contributed by atoms with E-state index in [-0.39, 0.29) is 12.0 Å². The second-order valence-electron chi connectivity index (χ2n) is 4.24. The van der Waals surface area contributed by atoms with Gasteiger partial charge < -0.3 is 16.2 Å². The van der Waals surface area contributed by atoms with Gasteiger partial charge in [0.15, 0.2) is 0 Å². The van der Waals surface area contributed by atoms with Crippen molar-refractivity contribution >= 4 is 11.9 Å². The van der Waals surface area contributed by atoms with Gasteiger partial charge in [0, 0.05) is 6.54 Å². The van der Waals surface area contributed by atoms with Gasteiger partial charge in [-0.05, 0) is 25.7 Å². The van der Waals surface area contributed by atoms with Crippen LogP contribution in [-0.4, -0.2) is 35.7 Å². The van der Waals surface area contributed by atoms with Crippen LogP contribution in [0.25, 0.3) is 0 Å². The fourth-order valence-corrected chi connectivity index (χ4v) is 1.91. The van der Waals surface area contributed by atoms with Gasteiger partial charge in [-0.15, -0.1) is 0 Å². The average Bonchev–Trinajstić information content (AvgIpc) is 2.59. The van der Waals surface area contributed by atoms with Crippen LogP contribution in [0.2, 0.25) is 0 Å². The molecule has 1 saturated carbocycles. The third-order valence-corrected chi connectivity index (χ3v) is 2.94. The number of aliphatic hydroxyl groups is 1. The maximum atomic E-state index is 11.3. The number of hydrogen-bond donors (Lipinski definition) is 4. The molecule has 0 bridgehead atoms. The van der Waals surface area contributed by atoms with Gasteiger partial charge in [-0.25, -0.2) is 4.79 Å². The van der Waals surface area contributed by atoms with Crippen molar-refractivity contribution in [2.24, 2.45) is 11.7 Å². The summed E-state index contributed by atoms with van der Waals surface area (Å²) in [6.07, 6.45) is 2.54. The van der Waals surface area contributed by atoms with Gasteiger partial charge in [0.2, 0.25) is 5.91 Å². The van der Waals surface area contributed by atoms with Gasteiger partial charge in [0.1, 0.15) is 0 Å². The molecule has 0 aromatic rings. The second kappa shape index (κ2) is 5.81. The summed E-state index contributed by atoms with van der Waals surface area (Å²) in [5, 5.41) is 14.6. The summed E-state index contributed by atoms with van der Waals surface area (Å²) in [5.41, 5.74) is 4.83. The topological polar surface area (TPSA) is 104 Å². The zero-order valence-electron chi connectivity index (χ0n) is 9.40. The van der Waals surface area contributed by atoms with Gasteiger partial charge >= 0.3 is 6.03 Å². The van der Waals surface area contributed by atoms with Crippen molar-refractivity contribution in [1.82, 2.24) is 10.6 Å².